The van der Waals surface area contributed by atoms with Crippen LogP contribution in [0.2, 0.25) is 0 Å². The second-order valence-corrected chi connectivity index (χ2v) is 7.88. The summed E-state index contributed by atoms with van der Waals surface area (Å²) in [4.78, 5) is 7.12. The van der Waals surface area contributed by atoms with Gasteiger partial charge in [0.25, 0.3) is 0 Å². The molecule has 0 N–H and O–H groups in total. The minimum absolute atomic E-state index is 0.198. The summed E-state index contributed by atoms with van der Waals surface area (Å²) >= 11 is 0. The van der Waals surface area contributed by atoms with Gasteiger partial charge in [-0.15, -0.1) is 0 Å². The highest BCUT2D eigenvalue weighted by atomic mass is 19.1. The van der Waals surface area contributed by atoms with Gasteiger partial charge in [-0.05, 0) is 73.5 Å². The van der Waals surface area contributed by atoms with Crippen LogP contribution in [0.25, 0.3) is 16.8 Å². The smallest absolute Gasteiger partial charge is 0.155 e. The Hall–Kier alpha value is -3.12. The van der Waals surface area contributed by atoms with Crippen LogP contribution in [0.3, 0.4) is 0 Å². The number of hydrogen-bond acceptors (Lipinski definition) is 3. The van der Waals surface area contributed by atoms with Crippen molar-refractivity contribution in [3.63, 3.8) is 0 Å². The Morgan fingerprint density at radius 3 is 2.43 bits per heavy atom. The molecule has 3 heterocycles. The molecular weight excluding hydrogens is 382 g/mol. The fourth-order valence-electron chi connectivity index (χ4n) is 4.11. The number of likely N-dealkylation sites (tertiary alicyclic amines) is 1. The van der Waals surface area contributed by atoms with E-state index in [2.05, 4.69) is 4.90 Å². The molecule has 1 aliphatic heterocycles. The number of aromatic nitrogens is 3. The summed E-state index contributed by atoms with van der Waals surface area (Å²) in [5, 5.41) is 4.72. The second kappa shape index (κ2) is 7.95. The van der Waals surface area contributed by atoms with E-state index in [-0.39, 0.29) is 11.6 Å². The highest BCUT2D eigenvalue weighted by Gasteiger charge is 2.24. The summed E-state index contributed by atoms with van der Waals surface area (Å²) in [5.74, 6) is 0.745. The molecule has 0 aliphatic carbocycles. The number of hydrogen-bond donors (Lipinski definition) is 0. The normalized spacial score (nSPS) is 15.7. The van der Waals surface area contributed by atoms with Crippen LogP contribution in [0.5, 0.6) is 0 Å². The van der Waals surface area contributed by atoms with Gasteiger partial charge in [0, 0.05) is 24.2 Å². The highest BCUT2D eigenvalue weighted by molar-refractivity contribution is 5.64. The minimum atomic E-state index is -0.251. The Morgan fingerprint density at radius 2 is 1.67 bits per heavy atom. The summed E-state index contributed by atoms with van der Waals surface area (Å²) in [6.07, 6.45) is 3.90. The van der Waals surface area contributed by atoms with Crippen molar-refractivity contribution in [1.82, 2.24) is 19.5 Å². The van der Waals surface area contributed by atoms with E-state index < -0.39 is 0 Å². The average Bonchev–Trinajstić information content (AvgIpc) is 3.19. The van der Waals surface area contributed by atoms with E-state index in [9.17, 15) is 8.78 Å². The van der Waals surface area contributed by atoms with E-state index in [0.717, 1.165) is 60.6 Å². The quantitative estimate of drug-likeness (QED) is 0.477. The largest absolute Gasteiger partial charge is 0.299 e. The lowest BCUT2D eigenvalue weighted by Crippen LogP contribution is -2.32. The molecule has 2 aromatic carbocycles. The summed E-state index contributed by atoms with van der Waals surface area (Å²) < 4.78 is 28.4. The zero-order valence-electron chi connectivity index (χ0n) is 16.5. The van der Waals surface area contributed by atoms with E-state index in [1.807, 2.05) is 36.5 Å². The Kier molecular flexibility index (Phi) is 5.01. The van der Waals surface area contributed by atoms with Gasteiger partial charge in [-0.3, -0.25) is 4.90 Å². The topological polar surface area (TPSA) is 33.4 Å². The molecule has 4 aromatic rings. The summed E-state index contributed by atoms with van der Waals surface area (Å²) in [7, 11) is 0. The predicted octanol–water partition coefficient (Wildman–Crippen LogP) is 5.05. The van der Waals surface area contributed by atoms with E-state index in [1.165, 1.54) is 24.3 Å². The summed E-state index contributed by atoms with van der Waals surface area (Å²) in [6, 6.07) is 17.2. The van der Waals surface area contributed by atoms with Crippen molar-refractivity contribution < 1.29 is 8.78 Å². The molecule has 2 aromatic heterocycles. The van der Waals surface area contributed by atoms with Gasteiger partial charge in [0.1, 0.15) is 11.6 Å². The Morgan fingerprint density at radius 1 is 0.867 bits per heavy atom. The first-order valence-corrected chi connectivity index (χ1v) is 10.2. The van der Waals surface area contributed by atoms with Crippen LogP contribution in [0, 0.1) is 11.6 Å². The maximum absolute atomic E-state index is 13.5. The van der Waals surface area contributed by atoms with Gasteiger partial charge in [-0.2, -0.15) is 5.10 Å². The van der Waals surface area contributed by atoms with Gasteiger partial charge in [0.2, 0.25) is 0 Å². The van der Waals surface area contributed by atoms with Gasteiger partial charge in [-0.1, -0.05) is 24.3 Å². The molecule has 0 saturated carbocycles. The Bertz CT molecular complexity index is 1160. The molecule has 1 saturated heterocycles. The van der Waals surface area contributed by atoms with Crippen molar-refractivity contribution in [2.24, 2.45) is 0 Å². The van der Waals surface area contributed by atoms with E-state index >= 15 is 0 Å². The monoisotopic (exact) mass is 404 g/mol. The molecule has 0 bridgehead atoms. The molecule has 6 heteroatoms. The van der Waals surface area contributed by atoms with Crippen molar-refractivity contribution in [2.45, 2.75) is 25.3 Å². The van der Waals surface area contributed by atoms with Crippen LogP contribution >= 0.6 is 0 Å². The SMILES string of the molecule is Fc1ccc(CN2CCC(c3nc4ccc(-c5cccc(F)c5)cn4n3)CC2)cc1. The van der Waals surface area contributed by atoms with Gasteiger partial charge in [0.05, 0.1) is 0 Å². The van der Waals surface area contributed by atoms with Crippen LogP contribution in [-0.4, -0.2) is 32.6 Å². The number of piperidine rings is 1. The van der Waals surface area contributed by atoms with Crippen LogP contribution in [0.1, 0.15) is 30.1 Å². The van der Waals surface area contributed by atoms with E-state index in [4.69, 9.17) is 10.1 Å². The molecule has 30 heavy (non-hydrogen) atoms. The molecule has 0 spiro atoms. The molecule has 1 aliphatic rings. The lowest BCUT2D eigenvalue weighted by atomic mass is 9.96. The standard InChI is InChI=1S/C24H22F2N4/c25-21-7-4-17(5-8-21)15-29-12-10-18(11-13-29)24-27-23-9-6-20(16-30(23)28-24)19-2-1-3-22(26)14-19/h1-9,14,16,18H,10-13,15H2. The predicted molar refractivity (Wildman–Crippen MR) is 112 cm³/mol. The third-order valence-corrected chi connectivity index (χ3v) is 5.78. The maximum Gasteiger partial charge on any atom is 0.155 e. The van der Waals surface area contributed by atoms with Crippen LogP contribution in [-0.2, 0) is 6.54 Å². The number of pyridine rings is 1. The molecule has 0 unspecified atom stereocenters. The zero-order valence-corrected chi connectivity index (χ0v) is 16.5. The number of fused-ring (bicyclic) bond motifs is 1. The molecule has 0 atom stereocenters. The van der Waals surface area contributed by atoms with Crippen molar-refractivity contribution in [2.75, 3.05) is 13.1 Å². The first-order valence-electron chi connectivity index (χ1n) is 10.2. The first kappa shape index (κ1) is 18.9. The third-order valence-electron chi connectivity index (χ3n) is 5.78. The van der Waals surface area contributed by atoms with Crippen LogP contribution < -0.4 is 0 Å². The van der Waals surface area contributed by atoms with E-state index in [1.54, 1.807) is 10.6 Å². The summed E-state index contributed by atoms with van der Waals surface area (Å²) in [5.41, 5.74) is 3.67. The maximum atomic E-state index is 13.5. The fourth-order valence-corrected chi connectivity index (χ4v) is 4.11. The third kappa shape index (κ3) is 3.96. The molecule has 1 fully saturated rings. The van der Waals surface area contributed by atoms with Crippen molar-refractivity contribution in [3.05, 3.63) is 89.9 Å². The average molecular weight is 404 g/mol. The lowest BCUT2D eigenvalue weighted by molar-refractivity contribution is 0.201. The van der Waals surface area contributed by atoms with Gasteiger partial charge in [-0.25, -0.2) is 18.3 Å². The number of halogens is 2. The molecule has 4 nitrogen and oxygen atoms in total. The number of nitrogens with zero attached hydrogens (tertiary/aromatic N) is 4. The second-order valence-electron chi connectivity index (χ2n) is 7.88. The van der Waals surface area contributed by atoms with Crippen LogP contribution in [0.15, 0.2) is 66.9 Å². The number of rotatable bonds is 4. The zero-order chi connectivity index (χ0) is 20.5. The Balaban J connectivity index is 1.28. The van der Waals surface area contributed by atoms with Gasteiger partial charge < -0.3 is 0 Å². The molecule has 0 amide bonds. The van der Waals surface area contributed by atoms with Crippen molar-refractivity contribution in [1.29, 1.82) is 0 Å². The van der Waals surface area contributed by atoms with Crippen molar-refractivity contribution in [3.8, 4) is 11.1 Å². The van der Waals surface area contributed by atoms with Gasteiger partial charge in [0.15, 0.2) is 11.5 Å². The van der Waals surface area contributed by atoms with Gasteiger partial charge >= 0.3 is 0 Å². The Labute approximate surface area is 173 Å². The van der Waals surface area contributed by atoms with E-state index in [0.29, 0.717) is 5.92 Å². The molecule has 5 rings (SSSR count). The van der Waals surface area contributed by atoms with Crippen molar-refractivity contribution >= 4 is 5.65 Å². The molecular formula is C24H22F2N4. The highest BCUT2D eigenvalue weighted by Crippen LogP contribution is 2.28. The number of benzene rings is 2. The van der Waals surface area contributed by atoms with Crippen LogP contribution in [0.4, 0.5) is 8.78 Å². The lowest BCUT2D eigenvalue weighted by Gasteiger charge is -2.30. The fraction of sp³-hybridized carbons (Fsp3) is 0.250. The minimum Gasteiger partial charge on any atom is -0.299 e. The first-order chi connectivity index (χ1) is 14.6. The molecule has 152 valence electrons. The molecule has 0 radical (unpaired) electrons. The summed E-state index contributed by atoms with van der Waals surface area (Å²) in [6.45, 7) is 2.76.